The number of nitrogens with zero attached hydrogens (tertiary/aromatic N) is 4. The van der Waals surface area contributed by atoms with Crippen molar-refractivity contribution < 1.29 is 27.1 Å². The molecule has 0 unspecified atom stereocenters. The van der Waals surface area contributed by atoms with Crippen molar-refractivity contribution >= 4 is 18.5 Å². The van der Waals surface area contributed by atoms with Crippen LogP contribution >= 0.6 is 12.6 Å². The van der Waals surface area contributed by atoms with Gasteiger partial charge in [0, 0.05) is 49.9 Å². The third kappa shape index (κ3) is 8.21. The van der Waals surface area contributed by atoms with Crippen molar-refractivity contribution in [3.63, 3.8) is 0 Å². The molecule has 2 aromatic heterocycles. The average molecular weight is 578 g/mol. The van der Waals surface area contributed by atoms with E-state index in [0.717, 1.165) is 27.8 Å². The van der Waals surface area contributed by atoms with E-state index in [-0.39, 0.29) is 5.91 Å². The molecule has 1 saturated heterocycles. The lowest BCUT2D eigenvalue weighted by Crippen LogP contribution is -2.48. The highest BCUT2D eigenvalue weighted by molar-refractivity contribution is 7.80. The van der Waals surface area contributed by atoms with Crippen molar-refractivity contribution in [3.8, 4) is 5.75 Å². The molecule has 8 nitrogen and oxygen atoms in total. The Labute approximate surface area is 237 Å². The number of ether oxygens (including phenoxy) is 1. The van der Waals surface area contributed by atoms with Crippen LogP contribution in [0.4, 0.5) is 13.2 Å². The van der Waals surface area contributed by atoms with Crippen LogP contribution in [0.15, 0.2) is 46.0 Å². The zero-order valence-electron chi connectivity index (χ0n) is 22.8. The number of oxazole rings is 1. The summed E-state index contributed by atoms with van der Waals surface area (Å²) in [6.07, 6.45) is 0.553. The molecule has 0 atom stereocenters. The lowest BCUT2D eigenvalue weighted by Gasteiger charge is -2.34. The molecule has 3 heterocycles. The topological polar surface area (TPSA) is 83.7 Å². The van der Waals surface area contributed by atoms with Gasteiger partial charge < -0.3 is 19.4 Å². The number of rotatable bonds is 7. The van der Waals surface area contributed by atoms with Crippen LogP contribution in [-0.2, 0) is 19.3 Å². The number of hydrogen-bond donors (Lipinski definition) is 2. The molecule has 3 aromatic rings. The zero-order chi connectivity index (χ0) is 28.9. The zero-order valence-corrected chi connectivity index (χ0v) is 23.7. The van der Waals surface area contributed by atoms with Crippen molar-refractivity contribution in [1.29, 1.82) is 0 Å². The molecule has 2 fully saturated rings. The Morgan fingerprint density at radius 3 is 2.38 bits per heavy atom. The fourth-order valence-electron chi connectivity index (χ4n) is 4.26. The van der Waals surface area contributed by atoms with Crippen LogP contribution in [0, 0.1) is 13.8 Å². The average Bonchev–Trinajstić information content (AvgIpc) is 3.65. The highest BCUT2D eigenvalue weighted by Gasteiger charge is 2.32. The Kier molecular flexibility index (Phi) is 9.75. The van der Waals surface area contributed by atoms with Gasteiger partial charge in [0.25, 0.3) is 5.91 Å². The summed E-state index contributed by atoms with van der Waals surface area (Å²) in [6, 6.07) is 6.94. The van der Waals surface area contributed by atoms with E-state index in [4.69, 9.17) is 9.15 Å². The molecule has 5 rings (SSSR count). The Morgan fingerprint density at radius 1 is 1.15 bits per heavy atom. The summed E-state index contributed by atoms with van der Waals surface area (Å²) in [4.78, 5) is 25.2. The molecule has 1 aromatic carbocycles. The van der Waals surface area contributed by atoms with E-state index in [1.165, 1.54) is 31.4 Å². The second-order valence-corrected chi connectivity index (χ2v) is 10.5. The summed E-state index contributed by atoms with van der Waals surface area (Å²) in [5.74, 6) is 1.24. The van der Waals surface area contributed by atoms with Gasteiger partial charge in [0.2, 0.25) is 5.89 Å². The minimum absolute atomic E-state index is 0.165. The lowest BCUT2D eigenvalue weighted by atomic mass is 10.1. The number of aryl methyl sites for hydroxylation is 2. The van der Waals surface area contributed by atoms with E-state index in [1.807, 2.05) is 26.0 Å². The summed E-state index contributed by atoms with van der Waals surface area (Å²) >= 11 is 4.34. The van der Waals surface area contributed by atoms with Gasteiger partial charge >= 0.3 is 6.18 Å². The maximum Gasteiger partial charge on any atom is 0.433 e. The summed E-state index contributed by atoms with van der Waals surface area (Å²) in [6.45, 7) is 7.36. The molecule has 1 amide bonds. The standard InChI is InChI=1S/C19H22F3N5O2.C9H12OS/c20-19(21,22)16-4-1-13(9-24-16)11-26-5-7-27(8-6-26)18(28)15-12-29-17(25-15)10-23-14-2-3-14;1-6-4-8(10-3)5-7(2)9(6)11/h1,4,9,12,14,23H,2-3,5-8,10-11H2;4-5,11H,1-3H3. The lowest BCUT2D eigenvalue weighted by molar-refractivity contribution is -0.141. The number of methoxy groups -OCH3 is 1. The van der Waals surface area contributed by atoms with Crippen molar-refractivity contribution in [3.05, 3.63) is 70.7 Å². The summed E-state index contributed by atoms with van der Waals surface area (Å²) in [7, 11) is 1.67. The van der Waals surface area contributed by atoms with Crippen molar-refractivity contribution in [2.45, 2.75) is 56.9 Å². The first-order valence-corrected chi connectivity index (χ1v) is 13.5. The van der Waals surface area contributed by atoms with Gasteiger partial charge in [-0.25, -0.2) is 4.98 Å². The summed E-state index contributed by atoms with van der Waals surface area (Å²) in [5, 5.41) is 3.29. The van der Waals surface area contributed by atoms with Gasteiger partial charge in [0.15, 0.2) is 5.69 Å². The number of benzene rings is 1. The maximum absolute atomic E-state index is 12.6. The monoisotopic (exact) mass is 577 g/mol. The van der Waals surface area contributed by atoms with Crippen LogP contribution in [0.2, 0.25) is 0 Å². The van der Waals surface area contributed by atoms with E-state index in [2.05, 4.69) is 32.8 Å². The maximum atomic E-state index is 12.6. The predicted octanol–water partition coefficient (Wildman–Crippen LogP) is 4.90. The number of thiol groups is 1. The van der Waals surface area contributed by atoms with Crippen LogP contribution in [-0.4, -0.2) is 65.0 Å². The third-order valence-electron chi connectivity index (χ3n) is 6.77. The van der Waals surface area contributed by atoms with Gasteiger partial charge in [0.1, 0.15) is 17.7 Å². The smallest absolute Gasteiger partial charge is 0.433 e. The number of halogens is 3. The molecule has 1 N–H and O–H groups in total. The molecule has 40 heavy (non-hydrogen) atoms. The third-order valence-corrected chi connectivity index (χ3v) is 7.48. The van der Waals surface area contributed by atoms with Crippen LogP contribution < -0.4 is 10.1 Å². The van der Waals surface area contributed by atoms with Crippen LogP contribution in [0.25, 0.3) is 0 Å². The SMILES string of the molecule is COc1cc(C)c(S)c(C)c1.O=C(c1coc(CNC2CC2)n1)N1CCN(Cc2ccc(C(F)(F)F)nc2)CC1. The van der Waals surface area contributed by atoms with Crippen LogP contribution in [0.1, 0.15) is 51.6 Å². The highest BCUT2D eigenvalue weighted by Crippen LogP contribution is 2.27. The number of aromatic nitrogens is 2. The second-order valence-electron chi connectivity index (χ2n) is 10.0. The first-order chi connectivity index (χ1) is 19.0. The van der Waals surface area contributed by atoms with Gasteiger partial charge in [-0.15, -0.1) is 12.6 Å². The van der Waals surface area contributed by atoms with E-state index in [9.17, 15) is 18.0 Å². The van der Waals surface area contributed by atoms with Gasteiger partial charge in [-0.2, -0.15) is 13.2 Å². The molecular weight excluding hydrogens is 543 g/mol. The molecule has 216 valence electrons. The van der Waals surface area contributed by atoms with Crippen molar-refractivity contribution in [2.75, 3.05) is 33.3 Å². The van der Waals surface area contributed by atoms with Crippen LogP contribution in [0.5, 0.6) is 5.75 Å². The number of amides is 1. The van der Waals surface area contributed by atoms with E-state index in [0.29, 0.717) is 62.5 Å². The first-order valence-electron chi connectivity index (χ1n) is 13.1. The Morgan fingerprint density at radius 2 is 1.82 bits per heavy atom. The molecule has 12 heteroatoms. The predicted molar refractivity (Wildman–Crippen MR) is 147 cm³/mol. The quantitative estimate of drug-likeness (QED) is 0.387. The Hall–Kier alpha value is -3.09. The van der Waals surface area contributed by atoms with Crippen molar-refractivity contribution in [1.82, 2.24) is 25.1 Å². The molecule has 1 aliphatic heterocycles. The molecule has 0 spiro atoms. The number of pyridine rings is 1. The molecular formula is C28H34F3N5O3S. The Bertz CT molecular complexity index is 1260. The van der Waals surface area contributed by atoms with Gasteiger partial charge in [-0.05, 0) is 61.6 Å². The largest absolute Gasteiger partial charge is 0.497 e. The summed E-state index contributed by atoms with van der Waals surface area (Å²) in [5.41, 5.74) is 2.44. The fourth-order valence-corrected chi connectivity index (χ4v) is 4.39. The number of carbonyl (C=O) groups is 1. The molecule has 1 aliphatic carbocycles. The van der Waals surface area contributed by atoms with E-state index < -0.39 is 11.9 Å². The minimum Gasteiger partial charge on any atom is -0.497 e. The summed E-state index contributed by atoms with van der Waals surface area (Å²) < 4.78 is 48.2. The van der Waals surface area contributed by atoms with Gasteiger partial charge in [-0.1, -0.05) is 6.07 Å². The van der Waals surface area contributed by atoms with E-state index >= 15 is 0 Å². The van der Waals surface area contributed by atoms with Crippen molar-refractivity contribution in [2.24, 2.45) is 0 Å². The Balaban J connectivity index is 0.000000283. The van der Waals surface area contributed by atoms with Gasteiger partial charge in [-0.3, -0.25) is 14.7 Å². The number of carbonyl (C=O) groups excluding carboxylic acids is 1. The number of hydrogen-bond acceptors (Lipinski definition) is 8. The molecule has 0 bridgehead atoms. The van der Waals surface area contributed by atoms with Crippen LogP contribution in [0.3, 0.4) is 0 Å². The van der Waals surface area contributed by atoms with Gasteiger partial charge in [0.05, 0.1) is 13.7 Å². The molecule has 0 radical (unpaired) electrons. The first kappa shape index (κ1) is 29.9. The molecule has 1 saturated carbocycles. The normalized spacial score (nSPS) is 15.9. The number of piperazine rings is 1. The number of nitrogens with one attached hydrogen (secondary N) is 1. The second kappa shape index (κ2) is 13.0. The fraction of sp³-hybridized carbons (Fsp3) is 0.464. The highest BCUT2D eigenvalue weighted by atomic mass is 32.1. The number of alkyl halides is 3. The van der Waals surface area contributed by atoms with E-state index in [1.54, 1.807) is 12.0 Å². The molecule has 2 aliphatic rings. The minimum atomic E-state index is -4.43.